The molecule has 0 saturated carbocycles. The number of fused-ring (bicyclic) bond motifs is 15. The van der Waals surface area contributed by atoms with Crippen molar-refractivity contribution >= 4 is 110 Å². The quantitative estimate of drug-likeness (QED) is 0.0959. The number of hydrogen-bond acceptors (Lipinski definition) is 2. The molecule has 0 radical (unpaired) electrons. The SMILES string of the molecule is c1ccc(-c2ccc(N(c3cccc(-c4ccc5c6ccccc6n(-c6ccc7ccccc7c6)c5c4)c3)c3ccc4c(c3)C(c3ccccc3)(c3ccccc3)c3ccccc3-4)cc2)cc1.c1ccc(C2(c3ccccc3)c3ccccc3-c3ccc(N(c4ccc(-c5ccc6ccccc6c5)cc4)c4cccc(-c5ccc6c7ccccc7n(-c7ccc8ccccc8c7)c6c5)c4)cc32)cc1. The molecule has 0 N–H and O–H groups in total. The Labute approximate surface area is 802 Å². The minimum atomic E-state index is -0.531. The van der Waals surface area contributed by atoms with Crippen molar-refractivity contribution in [3.63, 3.8) is 0 Å². The zero-order chi connectivity index (χ0) is 91.2. The fraction of sp³-hybridized carbons (Fsp3) is 0.0149. The van der Waals surface area contributed by atoms with Gasteiger partial charge in [0.15, 0.2) is 0 Å². The third-order valence-electron chi connectivity index (χ3n) is 29.0. The van der Waals surface area contributed by atoms with Gasteiger partial charge in [-0.15, -0.1) is 0 Å². The standard InChI is InChI=1S/C69H46N2.C65H44N2/c1-3-21-55(22-4-1)69(56-23-5-2-6-24-56)65-28-13-11-26-61(65)62-41-39-60(46-66(62)69)70(57-36-32-49(33-37-57)53-31-30-47-16-7-9-18-50(47)42-53)58-25-15-20-52(44-58)54-35-40-64-63-27-12-14-29-67(63)71(68(64)45-54)59-38-34-48-17-8-10-19-51(48)43-59;1-4-17-45(18-5-1)47-31-35-53(36-32-47)66(56-38-40-58-57-27-12-14-29-61(57)65(62(58)44-56,51-22-6-2-7-23-51)52-24-8-3-9-25-52)54-26-16-21-49(42-54)50-34-39-60-59-28-13-15-30-63(59)67(64(60)43-50)55-37-33-46-19-10-11-20-48(46)41-55/h1-46H;1-44H. The second-order valence-electron chi connectivity index (χ2n) is 36.5. The third kappa shape index (κ3) is 13.5. The Morgan fingerprint density at radius 1 is 0.145 bits per heavy atom. The number of rotatable bonds is 16. The molecule has 0 amide bonds. The van der Waals surface area contributed by atoms with Crippen LogP contribution in [0.15, 0.2) is 546 Å². The summed E-state index contributed by atoms with van der Waals surface area (Å²) in [6.45, 7) is 0. The van der Waals surface area contributed by atoms with Gasteiger partial charge < -0.3 is 18.9 Å². The van der Waals surface area contributed by atoms with E-state index in [1.165, 1.54) is 165 Å². The van der Waals surface area contributed by atoms with Gasteiger partial charge >= 0.3 is 0 Å². The first-order valence-electron chi connectivity index (χ1n) is 47.7. The summed E-state index contributed by atoms with van der Waals surface area (Å²) >= 11 is 0. The Kier molecular flexibility index (Phi) is 19.7. The van der Waals surface area contributed by atoms with Crippen LogP contribution in [0.5, 0.6) is 0 Å². The Hall–Kier alpha value is -18.0. The maximum absolute atomic E-state index is 2.47. The lowest BCUT2D eigenvalue weighted by molar-refractivity contribution is 0.768. The van der Waals surface area contributed by atoms with Gasteiger partial charge in [0, 0.05) is 67.0 Å². The van der Waals surface area contributed by atoms with Gasteiger partial charge in [-0.25, -0.2) is 0 Å². The summed E-state index contributed by atoms with van der Waals surface area (Å²) in [5.41, 5.74) is 37.1. The zero-order valence-corrected chi connectivity index (χ0v) is 75.8. The first kappa shape index (κ1) is 80.9. The summed E-state index contributed by atoms with van der Waals surface area (Å²) in [7, 11) is 0. The third-order valence-corrected chi connectivity index (χ3v) is 29.0. The average molecular weight is 1760 g/mol. The molecular weight excluding hydrogens is 1670 g/mol. The van der Waals surface area contributed by atoms with E-state index in [4.69, 9.17) is 0 Å². The maximum Gasteiger partial charge on any atom is 0.0714 e. The molecule has 2 aliphatic carbocycles. The Morgan fingerprint density at radius 3 is 0.855 bits per heavy atom. The van der Waals surface area contributed by atoms with E-state index in [2.05, 4.69) is 565 Å². The highest BCUT2D eigenvalue weighted by atomic mass is 15.1. The van der Waals surface area contributed by atoms with E-state index in [0.29, 0.717) is 0 Å². The molecule has 0 fully saturated rings. The van der Waals surface area contributed by atoms with Crippen molar-refractivity contribution in [2.75, 3.05) is 9.80 Å². The summed E-state index contributed by atoms with van der Waals surface area (Å²) in [6.07, 6.45) is 0. The molecule has 0 aliphatic heterocycles. The second-order valence-corrected chi connectivity index (χ2v) is 36.5. The van der Waals surface area contributed by atoms with Crippen molar-refractivity contribution in [2.24, 2.45) is 0 Å². The summed E-state index contributed by atoms with van der Waals surface area (Å²) in [6, 6.07) is 201. The molecule has 4 nitrogen and oxygen atoms in total. The lowest BCUT2D eigenvalue weighted by atomic mass is 9.67. The summed E-state index contributed by atoms with van der Waals surface area (Å²) in [4.78, 5) is 4.88. The molecule has 2 aliphatic rings. The van der Waals surface area contributed by atoms with E-state index >= 15 is 0 Å². The predicted octanol–water partition coefficient (Wildman–Crippen LogP) is 35.4. The van der Waals surface area contributed by atoms with Gasteiger partial charge in [-0.1, -0.05) is 419 Å². The highest BCUT2D eigenvalue weighted by molar-refractivity contribution is 6.12. The van der Waals surface area contributed by atoms with E-state index in [-0.39, 0.29) is 0 Å². The molecule has 0 bridgehead atoms. The lowest BCUT2D eigenvalue weighted by Gasteiger charge is -2.35. The monoisotopic (exact) mass is 1750 g/mol. The lowest BCUT2D eigenvalue weighted by Crippen LogP contribution is -2.28. The minimum absolute atomic E-state index is 0.520. The maximum atomic E-state index is 2.47. The Bertz CT molecular complexity index is 8930. The first-order valence-corrected chi connectivity index (χ1v) is 47.7. The first-order chi connectivity index (χ1) is 68.4. The zero-order valence-electron chi connectivity index (χ0n) is 75.8. The molecule has 25 aromatic rings. The van der Waals surface area contributed by atoms with Crippen molar-refractivity contribution in [1.29, 1.82) is 0 Å². The molecular formula is C134H90N4. The van der Waals surface area contributed by atoms with Gasteiger partial charge in [0.2, 0.25) is 0 Å². The fourth-order valence-corrected chi connectivity index (χ4v) is 22.8. The number of hydrogen-bond donors (Lipinski definition) is 0. The molecule has 0 unspecified atom stereocenters. The van der Waals surface area contributed by atoms with Crippen LogP contribution >= 0.6 is 0 Å². The Balaban J connectivity index is 0.000000143. The van der Waals surface area contributed by atoms with Crippen LogP contribution in [0.25, 0.3) is 154 Å². The molecule has 4 heteroatoms. The van der Waals surface area contributed by atoms with E-state index in [1.807, 2.05) is 0 Å². The number of aromatic nitrogens is 2. The van der Waals surface area contributed by atoms with Gasteiger partial charge in [0.05, 0.1) is 32.9 Å². The summed E-state index contributed by atoms with van der Waals surface area (Å²) < 4.78 is 4.86. The number of nitrogens with zero attached hydrogens (tertiary/aromatic N) is 4. The molecule has 2 heterocycles. The van der Waals surface area contributed by atoms with Gasteiger partial charge in [-0.05, 0) is 271 Å². The van der Waals surface area contributed by atoms with Crippen molar-refractivity contribution < 1.29 is 0 Å². The second kappa shape index (κ2) is 33.6. The normalized spacial score (nSPS) is 12.6. The van der Waals surface area contributed by atoms with Crippen molar-refractivity contribution in [3.05, 3.63) is 590 Å². The number of para-hydroxylation sites is 2. The molecule has 0 saturated heterocycles. The number of benzene rings is 23. The van der Waals surface area contributed by atoms with Crippen LogP contribution in [0.4, 0.5) is 34.1 Å². The summed E-state index contributed by atoms with van der Waals surface area (Å²) in [5, 5.41) is 12.4. The van der Waals surface area contributed by atoms with Crippen LogP contribution in [0.2, 0.25) is 0 Å². The van der Waals surface area contributed by atoms with E-state index < -0.39 is 10.8 Å². The van der Waals surface area contributed by atoms with Gasteiger partial charge in [-0.2, -0.15) is 0 Å². The van der Waals surface area contributed by atoms with Crippen LogP contribution in [-0.2, 0) is 10.8 Å². The average Bonchev–Trinajstić information content (AvgIpc) is 1.53. The van der Waals surface area contributed by atoms with Gasteiger partial charge in [0.1, 0.15) is 0 Å². The molecule has 646 valence electrons. The topological polar surface area (TPSA) is 16.3 Å². The smallest absolute Gasteiger partial charge is 0.0714 e. The largest absolute Gasteiger partial charge is 0.310 e. The van der Waals surface area contributed by atoms with Crippen LogP contribution in [0, 0.1) is 0 Å². The van der Waals surface area contributed by atoms with E-state index in [1.54, 1.807) is 0 Å². The minimum Gasteiger partial charge on any atom is -0.310 e. The van der Waals surface area contributed by atoms with Crippen molar-refractivity contribution in [2.45, 2.75) is 10.8 Å². The van der Waals surface area contributed by atoms with Crippen molar-refractivity contribution in [3.8, 4) is 78.1 Å². The molecule has 0 atom stereocenters. The van der Waals surface area contributed by atoms with E-state index in [0.717, 1.165) is 67.8 Å². The molecule has 138 heavy (non-hydrogen) atoms. The summed E-state index contributed by atoms with van der Waals surface area (Å²) in [5.74, 6) is 0. The molecule has 2 aromatic heterocycles. The highest BCUT2D eigenvalue weighted by Crippen LogP contribution is 2.60. The van der Waals surface area contributed by atoms with E-state index in [9.17, 15) is 0 Å². The molecule has 0 spiro atoms. The van der Waals surface area contributed by atoms with Crippen LogP contribution < -0.4 is 9.80 Å². The Morgan fingerprint density at radius 2 is 0.428 bits per heavy atom. The number of anilines is 6. The van der Waals surface area contributed by atoms with Crippen LogP contribution in [0.1, 0.15) is 44.5 Å². The van der Waals surface area contributed by atoms with Gasteiger partial charge in [0.25, 0.3) is 0 Å². The predicted molar refractivity (Wildman–Crippen MR) is 580 cm³/mol. The van der Waals surface area contributed by atoms with Gasteiger partial charge in [-0.3, -0.25) is 0 Å². The fourth-order valence-electron chi connectivity index (χ4n) is 22.8. The molecule has 23 aromatic carbocycles. The molecule has 27 rings (SSSR count). The highest BCUT2D eigenvalue weighted by Gasteiger charge is 2.48. The van der Waals surface area contributed by atoms with Crippen LogP contribution in [0.3, 0.4) is 0 Å². The van der Waals surface area contributed by atoms with Crippen LogP contribution in [-0.4, -0.2) is 9.13 Å². The van der Waals surface area contributed by atoms with Crippen molar-refractivity contribution in [1.82, 2.24) is 9.13 Å².